The van der Waals surface area contributed by atoms with Crippen LogP contribution in [0.15, 0.2) is 24.3 Å². The van der Waals surface area contributed by atoms with E-state index in [-0.39, 0.29) is 11.9 Å². The summed E-state index contributed by atoms with van der Waals surface area (Å²) >= 11 is 0. The van der Waals surface area contributed by atoms with Gasteiger partial charge in [0.1, 0.15) is 5.75 Å². The molecule has 0 fully saturated rings. The van der Waals surface area contributed by atoms with E-state index in [2.05, 4.69) is 5.32 Å². The minimum Gasteiger partial charge on any atom is -0.481 e. The lowest BCUT2D eigenvalue weighted by Crippen LogP contribution is -2.44. The van der Waals surface area contributed by atoms with Crippen LogP contribution in [-0.4, -0.2) is 31.8 Å². The fourth-order valence-corrected chi connectivity index (χ4v) is 1.66. The molecule has 1 aromatic rings. The average Bonchev–Trinajstić information content (AvgIpc) is 2.40. The highest BCUT2D eigenvalue weighted by Gasteiger charge is 2.18. The molecule has 4 heteroatoms. The number of benzene rings is 1. The van der Waals surface area contributed by atoms with Gasteiger partial charge in [-0.2, -0.15) is 0 Å². The fourth-order valence-electron chi connectivity index (χ4n) is 1.66. The third kappa shape index (κ3) is 5.30. The van der Waals surface area contributed by atoms with Crippen molar-refractivity contribution < 1.29 is 14.3 Å². The second-order valence-electron chi connectivity index (χ2n) is 4.64. The topological polar surface area (TPSA) is 47.6 Å². The summed E-state index contributed by atoms with van der Waals surface area (Å²) in [6, 6.07) is 7.68. The molecule has 106 valence electrons. The Labute approximate surface area is 115 Å². The number of amides is 1. The number of rotatable bonds is 7. The van der Waals surface area contributed by atoms with Crippen LogP contribution in [0.25, 0.3) is 0 Å². The zero-order chi connectivity index (χ0) is 14.3. The molecule has 0 bridgehead atoms. The van der Waals surface area contributed by atoms with Gasteiger partial charge in [0.25, 0.3) is 5.91 Å². The molecular weight excluding hydrogens is 242 g/mol. The van der Waals surface area contributed by atoms with Crippen molar-refractivity contribution in [2.24, 2.45) is 0 Å². The second-order valence-corrected chi connectivity index (χ2v) is 4.64. The first-order valence-electron chi connectivity index (χ1n) is 6.59. The Hall–Kier alpha value is -1.55. The molecule has 2 atom stereocenters. The zero-order valence-corrected chi connectivity index (χ0v) is 12.1. The second kappa shape index (κ2) is 7.79. The van der Waals surface area contributed by atoms with Crippen LogP contribution in [-0.2, 0) is 9.53 Å². The molecule has 0 heterocycles. The number of carbonyl (C=O) groups is 1. The van der Waals surface area contributed by atoms with Gasteiger partial charge in [0.15, 0.2) is 6.10 Å². The SMILES string of the molecule is CCC(COC)NC(=O)C(C)Oc1ccc(C)cc1. The van der Waals surface area contributed by atoms with Crippen LogP contribution in [0.3, 0.4) is 0 Å². The molecule has 1 rings (SSSR count). The van der Waals surface area contributed by atoms with Gasteiger partial charge in [0.2, 0.25) is 0 Å². The summed E-state index contributed by atoms with van der Waals surface area (Å²) in [5.41, 5.74) is 1.16. The summed E-state index contributed by atoms with van der Waals surface area (Å²) in [6.07, 6.45) is 0.310. The molecule has 1 aromatic carbocycles. The molecule has 0 aromatic heterocycles. The van der Waals surface area contributed by atoms with Crippen molar-refractivity contribution in [3.63, 3.8) is 0 Å². The standard InChI is InChI=1S/C15H23NO3/c1-5-13(10-18-4)16-15(17)12(3)19-14-8-6-11(2)7-9-14/h6-9,12-13H,5,10H2,1-4H3,(H,16,17). The minimum atomic E-state index is -0.520. The molecule has 0 aliphatic rings. The number of hydrogen-bond acceptors (Lipinski definition) is 3. The maximum atomic E-state index is 12.0. The van der Waals surface area contributed by atoms with E-state index >= 15 is 0 Å². The van der Waals surface area contributed by atoms with Crippen molar-refractivity contribution in [3.8, 4) is 5.75 Å². The van der Waals surface area contributed by atoms with Gasteiger partial charge in [-0.1, -0.05) is 24.6 Å². The summed E-state index contributed by atoms with van der Waals surface area (Å²) in [5.74, 6) is 0.581. The van der Waals surface area contributed by atoms with Gasteiger partial charge in [-0.05, 0) is 32.4 Å². The molecule has 19 heavy (non-hydrogen) atoms. The summed E-state index contributed by atoms with van der Waals surface area (Å²) in [6.45, 7) is 6.28. The number of carbonyl (C=O) groups excluding carboxylic acids is 1. The highest BCUT2D eigenvalue weighted by molar-refractivity contribution is 5.81. The lowest BCUT2D eigenvalue weighted by molar-refractivity contribution is -0.128. The molecule has 0 spiro atoms. The summed E-state index contributed by atoms with van der Waals surface area (Å²) in [5, 5.41) is 2.91. The van der Waals surface area contributed by atoms with Crippen LogP contribution in [0.2, 0.25) is 0 Å². The van der Waals surface area contributed by atoms with Gasteiger partial charge < -0.3 is 14.8 Å². The lowest BCUT2D eigenvalue weighted by Gasteiger charge is -2.20. The Morgan fingerprint density at radius 1 is 1.32 bits per heavy atom. The van der Waals surface area contributed by atoms with E-state index in [0.29, 0.717) is 12.4 Å². The number of methoxy groups -OCH3 is 1. The molecule has 0 saturated heterocycles. The van der Waals surface area contributed by atoms with E-state index in [0.717, 1.165) is 12.0 Å². The third-order valence-electron chi connectivity index (χ3n) is 2.91. The predicted octanol–water partition coefficient (Wildman–Crippen LogP) is 2.30. The van der Waals surface area contributed by atoms with Crippen LogP contribution in [0.1, 0.15) is 25.8 Å². The Kier molecular flexibility index (Phi) is 6.36. The van der Waals surface area contributed by atoms with E-state index in [1.165, 1.54) is 0 Å². The minimum absolute atomic E-state index is 0.0292. The molecule has 0 radical (unpaired) electrons. The molecule has 0 aliphatic carbocycles. The number of aryl methyl sites for hydroxylation is 1. The Morgan fingerprint density at radius 3 is 2.47 bits per heavy atom. The van der Waals surface area contributed by atoms with Gasteiger partial charge >= 0.3 is 0 Å². The maximum absolute atomic E-state index is 12.0. The Bertz CT molecular complexity index is 389. The smallest absolute Gasteiger partial charge is 0.261 e. The summed E-state index contributed by atoms with van der Waals surface area (Å²) < 4.78 is 10.7. The van der Waals surface area contributed by atoms with Crippen LogP contribution in [0.4, 0.5) is 0 Å². The predicted molar refractivity (Wildman–Crippen MR) is 75.4 cm³/mol. The largest absolute Gasteiger partial charge is 0.481 e. The fraction of sp³-hybridized carbons (Fsp3) is 0.533. The zero-order valence-electron chi connectivity index (χ0n) is 12.1. The lowest BCUT2D eigenvalue weighted by atomic mass is 10.2. The van der Waals surface area contributed by atoms with E-state index < -0.39 is 6.10 Å². The van der Waals surface area contributed by atoms with Gasteiger partial charge in [-0.15, -0.1) is 0 Å². The first-order chi connectivity index (χ1) is 9.06. The van der Waals surface area contributed by atoms with Crippen LogP contribution in [0, 0.1) is 6.92 Å². The first-order valence-corrected chi connectivity index (χ1v) is 6.59. The number of hydrogen-bond donors (Lipinski definition) is 1. The van der Waals surface area contributed by atoms with E-state index in [4.69, 9.17) is 9.47 Å². The van der Waals surface area contributed by atoms with E-state index in [1.807, 2.05) is 38.1 Å². The highest BCUT2D eigenvalue weighted by atomic mass is 16.5. The van der Waals surface area contributed by atoms with Crippen LogP contribution in [0.5, 0.6) is 5.75 Å². The van der Waals surface area contributed by atoms with Gasteiger partial charge in [-0.25, -0.2) is 0 Å². The Balaban J connectivity index is 2.50. The van der Waals surface area contributed by atoms with Gasteiger partial charge in [-0.3, -0.25) is 4.79 Å². The monoisotopic (exact) mass is 265 g/mol. The third-order valence-corrected chi connectivity index (χ3v) is 2.91. The van der Waals surface area contributed by atoms with Gasteiger partial charge in [0, 0.05) is 7.11 Å². The molecule has 1 N–H and O–H groups in total. The molecule has 2 unspecified atom stereocenters. The van der Waals surface area contributed by atoms with Crippen molar-refractivity contribution in [3.05, 3.63) is 29.8 Å². The van der Waals surface area contributed by atoms with E-state index in [9.17, 15) is 4.79 Å². The average molecular weight is 265 g/mol. The molecule has 1 amide bonds. The van der Waals surface area contributed by atoms with Crippen molar-refractivity contribution in [2.75, 3.05) is 13.7 Å². The maximum Gasteiger partial charge on any atom is 0.261 e. The number of nitrogens with one attached hydrogen (secondary N) is 1. The quantitative estimate of drug-likeness (QED) is 0.823. The van der Waals surface area contributed by atoms with Crippen LogP contribution >= 0.6 is 0 Å². The normalized spacial score (nSPS) is 13.7. The molecule has 0 aliphatic heterocycles. The van der Waals surface area contributed by atoms with Crippen molar-refractivity contribution in [1.29, 1.82) is 0 Å². The Morgan fingerprint density at radius 2 is 1.95 bits per heavy atom. The van der Waals surface area contributed by atoms with Crippen LogP contribution < -0.4 is 10.1 Å². The summed E-state index contributed by atoms with van der Waals surface area (Å²) in [4.78, 5) is 12.0. The van der Waals surface area contributed by atoms with Gasteiger partial charge in [0.05, 0.1) is 12.6 Å². The van der Waals surface area contributed by atoms with Crippen molar-refractivity contribution in [1.82, 2.24) is 5.32 Å². The van der Waals surface area contributed by atoms with E-state index in [1.54, 1.807) is 14.0 Å². The molecule has 4 nitrogen and oxygen atoms in total. The number of ether oxygens (including phenoxy) is 2. The first kappa shape index (κ1) is 15.5. The molecule has 0 saturated carbocycles. The summed E-state index contributed by atoms with van der Waals surface area (Å²) in [7, 11) is 1.63. The molecular formula is C15H23NO3. The highest BCUT2D eigenvalue weighted by Crippen LogP contribution is 2.13. The van der Waals surface area contributed by atoms with Crippen molar-refractivity contribution in [2.45, 2.75) is 39.3 Å². The van der Waals surface area contributed by atoms with Crippen molar-refractivity contribution >= 4 is 5.91 Å².